The van der Waals surface area contributed by atoms with E-state index in [0.29, 0.717) is 30.3 Å². The molecule has 1 amide bonds. The summed E-state index contributed by atoms with van der Waals surface area (Å²) in [5, 5.41) is 0.809. The third-order valence-electron chi connectivity index (χ3n) is 6.86. The van der Waals surface area contributed by atoms with Crippen LogP contribution in [0.15, 0.2) is 23.3 Å². The highest BCUT2D eigenvalue weighted by Gasteiger charge is 2.43. The predicted octanol–water partition coefficient (Wildman–Crippen LogP) is 2.95. The summed E-state index contributed by atoms with van der Waals surface area (Å²) in [5.74, 6) is 0.677. The van der Waals surface area contributed by atoms with Crippen LogP contribution < -0.4 is 11.5 Å². The summed E-state index contributed by atoms with van der Waals surface area (Å²) in [6.45, 7) is 3.19. The Bertz CT molecular complexity index is 841. The lowest BCUT2D eigenvalue weighted by Gasteiger charge is -2.47. The van der Waals surface area contributed by atoms with Crippen molar-refractivity contribution in [3.05, 3.63) is 40.2 Å². The van der Waals surface area contributed by atoms with Crippen LogP contribution in [-0.2, 0) is 6.42 Å². The Labute approximate surface area is 171 Å². The van der Waals surface area contributed by atoms with E-state index in [-0.39, 0.29) is 23.3 Å². The summed E-state index contributed by atoms with van der Waals surface area (Å²) in [5.41, 5.74) is 14.2. The van der Waals surface area contributed by atoms with Crippen molar-refractivity contribution in [3.8, 4) is 0 Å². The molecule has 1 fully saturated rings. The van der Waals surface area contributed by atoms with Gasteiger partial charge in [-0.05, 0) is 63.0 Å². The average molecular weight is 402 g/mol. The first-order chi connectivity index (χ1) is 13.4. The van der Waals surface area contributed by atoms with E-state index in [1.807, 2.05) is 17.9 Å². The summed E-state index contributed by atoms with van der Waals surface area (Å²) < 4.78 is 0. The smallest absolute Gasteiger partial charge is 0.257 e. The Morgan fingerprint density at radius 2 is 2.07 bits per heavy atom. The molecule has 4 rings (SSSR count). The van der Waals surface area contributed by atoms with Gasteiger partial charge in [0.2, 0.25) is 5.95 Å². The highest BCUT2D eigenvalue weighted by molar-refractivity contribution is 6.31. The van der Waals surface area contributed by atoms with Crippen LogP contribution in [0.25, 0.3) is 0 Å². The van der Waals surface area contributed by atoms with Gasteiger partial charge in [-0.15, -0.1) is 0 Å². The van der Waals surface area contributed by atoms with Crippen molar-refractivity contribution in [2.45, 2.75) is 51.5 Å². The molecule has 1 saturated carbocycles. The van der Waals surface area contributed by atoms with E-state index in [1.165, 1.54) is 0 Å². The molecule has 1 aliphatic heterocycles. The van der Waals surface area contributed by atoms with Gasteiger partial charge in [-0.1, -0.05) is 23.8 Å². The van der Waals surface area contributed by atoms with Crippen molar-refractivity contribution in [1.29, 1.82) is 0 Å². The van der Waals surface area contributed by atoms with Gasteiger partial charge >= 0.3 is 0 Å². The molecule has 3 aliphatic rings. The van der Waals surface area contributed by atoms with Gasteiger partial charge in [0.15, 0.2) is 0 Å². The van der Waals surface area contributed by atoms with E-state index in [1.54, 1.807) is 0 Å². The number of rotatable bonds is 3. The van der Waals surface area contributed by atoms with Crippen LogP contribution >= 0.6 is 11.6 Å². The molecule has 28 heavy (non-hydrogen) atoms. The maximum absolute atomic E-state index is 13.2. The number of hydrogen-bond donors (Lipinski definition) is 2. The minimum Gasteiger partial charge on any atom is -0.368 e. The lowest BCUT2D eigenvalue weighted by molar-refractivity contribution is 0.0434. The van der Waals surface area contributed by atoms with E-state index < -0.39 is 0 Å². The fraction of sp³-hybridized carbons (Fsp3) is 0.571. The number of carbonyl (C=O) groups excluding carboxylic acids is 1. The molecule has 150 valence electrons. The van der Waals surface area contributed by atoms with Crippen molar-refractivity contribution in [2.75, 3.05) is 18.8 Å². The first-order valence-corrected chi connectivity index (χ1v) is 10.5. The summed E-state index contributed by atoms with van der Waals surface area (Å²) >= 11 is 6.25. The normalized spacial score (nSPS) is 30.2. The summed E-state index contributed by atoms with van der Waals surface area (Å²) in [4.78, 5) is 23.7. The quantitative estimate of drug-likeness (QED) is 0.811. The zero-order valence-corrected chi connectivity index (χ0v) is 17.1. The Balaban J connectivity index is 1.49. The SMILES string of the molecule is Cc1nc(N)nc2c1C(=O)N([C@H]1CC[C@](CN)(C3C=C(Cl)C=CC3)CC1)CC2. The standard InChI is InChI=1S/C21H28ClN5O/c1-13-18-17(26-20(24)25-13)7-10-27(19(18)28)16-5-8-21(12-23,9-6-16)14-3-2-4-15(22)11-14/h2,4,11,14,16H,3,5-10,12,23H2,1H3,(H2,24,25,26)/t14?,16-,21-. The molecule has 6 nitrogen and oxygen atoms in total. The predicted molar refractivity (Wildman–Crippen MR) is 111 cm³/mol. The number of nitrogen functional groups attached to an aromatic ring is 1. The van der Waals surface area contributed by atoms with Gasteiger partial charge in [-0.2, -0.15) is 0 Å². The maximum atomic E-state index is 13.2. The van der Waals surface area contributed by atoms with Crippen molar-refractivity contribution in [2.24, 2.45) is 17.1 Å². The number of hydrogen-bond acceptors (Lipinski definition) is 5. The highest BCUT2D eigenvalue weighted by Crippen LogP contribution is 2.47. The number of allylic oxidation sites excluding steroid dienone is 4. The molecular weight excluding hydrogens is 374 g/mol. The molecule has 2 heterocycles. The third-order valence-corrected chi connectivity index (χ3v) is 7.11. The second kappa shape index (κ2) is 7.48. The van der Waals surface area contributed by atoms with Gasteiger partial charge in [-0.3, -0.25) is 4.79 Å². The average Bonchev–Trinajstić information content (AvgIpc) is 2.68. The fourth-order valence-electron chi connectivity index (χ4n) is 5.22. The number of anilines is 1. The van der Waals surface area contributed by atoms with Crippen LogP contribution in [0, 0.1) is 18.3 Å². The summed E-state index contributed by atoms with van der Waals surface area (Å²) in [6, 6.07) is 0.246. The van der Waals surface area contributed by atoms with Crippen LogP contribution in [0.1, 0.15) is 53.8 Å². The van der Waals surface area contributed by atoms with Crippen molar-refractivity contribution in [3.63, 3.8) is 0 Å². The Morgan fingerprint density at radius 3 is 2.75 bits per heavy atom. The third kappa shape index (κ3) is 3.33. The minimum absolute atomic E-state index is 0.0486. The number of aryl methyl sites for hydroxylation is 1. The van der Waals surface area contributed by atoms with Gasteiger partial charge in [0.1, 0.15) is 0 Å². The fourth-order valence-corrected chi connectivity index (χ4v) is 5.46. The molecule has 1 unspecified atom stereocenters. The highest BCUT2D eigenvalue weighted by atomic mass is 35.5. The summed E-state index contributed by atoms with van der Waals surface area (Å²) in [6.07, 6.45) is 12.0. The molecule has 0 radical (unpaired) electrons. The first kappa shape index (κ1) is 19.4. The molecule has 0 bridgehead atoms. The van der Waals surface area contributed by atoms with Crippen LogP contribution in [-0.4, -0.2) is 39.9 Å². The van der Waals surface area contributed by atoms with E-state index in [9.17, 15) is 4.79 Å². The van der Waals surface area contributed by atoms with E-state index >= 15 is 0 Å². The van der Waals surface area contributed by atoms with Crippen molar-refractivity contribution >= 4 is 23.5 Å². The second-order valence-electron chi connectivity index (χ2n) is 8.33. The lowest BCUT2D eigenvalue weighted by Crippen LogP contribution is -2.50. The number of nitrogens with two attached hydrogens (primary N) is 2. The number of amides is 1. The largest absolute Gasteiger partial charge is 0.368 e. The zero-order chi connectivity index (χ0) is 19.9. The molecule has 7 heteroatoms. The number of nitrogens with zero attached hydrogens (tertiary/aromatic N) is 3. The Hall–Kier alpha value is -1.92. The Morgan fingerprint density at radius 1 is 1.32 bits per heavy atom. The van der Waals surface area contributed by atoms with Crippen molar-refractivity contribution < 1.29 is 4.79 Å². The molecule has 2 aliphatic carbocycles. The number of aromatic nitrogens is 2. The topological polar surface area (TPSA) is 98.1 Å². The monoisotopic (exact) mass is 401 g/mol. The number of carbonyl (C=O) groups is 1. The van der Waals surface area contributed by atoms with Gasteiger partial charge in [-0.25, -0.2) is 9.97 Å². The second-order valence-corrected chi connectivity index (χ2v) is 8.77. The molecular formula is C21H28ClN5O. The van der Waals surface area contributed by atoms with Crippen LogP contribution in [0.5, 0.6) is 0 Å². The molecule has 0 saturated heterocycles. The maximum Gasteiger partial charge on any atom is 0.257 e. The van der Waals surface area contributed by atoms with Gasteiger partial charge < -0.3 is 16.4 Å². The molecule has 1 atom stereocenters. The molecule has 0 spiro atoms. The van der Waals surface area contributed by atoms with Gasteiger partial charge in [0.05, 0.1) is 17.0 Å². The Kier molecular flexibility index (Phi) is 5.19. The molecule has 1 aromatic heterocycles. The van der Waals surface area contributed by atoms with Crippen LogP contribution in [0.3, 0.4) is 0 Å². The summed E-state index contributed by atoms with van der Waals surface area (Å²) in [7, 11) is 0. The van der Waals surface area contributed by atoms with E-state index in [0.717, 1.165) is 49.3 Å². The first-order valence-electron chi connectivity index (χ1n) is 10.1. The minimum atomic E-state index is 0.0486. The van der Waals surface area contributed by atoms with Crippen LogP contribution in [0.4, 0.5) is 5.95 Å². The van der Waals surface area contributed by atoms with E-state index in [4.69, 9.17) is 23.1 Å². The zero-order valence-electron chi connectivity index (χ0n) is 16.3. The van der Waals surface area contributed by atoms with Gasteiger partial charge in [0.25, 0.3) is 5.91 Å². The number of halogens is 1. The van der Waals surface area contributed by atoms with Gasteiger partial charge in [0, 0.05) is 24.0 Å². The molecule has 4 N–H and O–H groups in total. The molecule has 1 aromatic rings. The number of fused-ring (bicyclic) bond motifs is 1. The van der Waals surface area contributed by atoms with Crippen LogP contribution in [0.2, 0.25) is 0 Å². The molecule has 0 aromatic carbocycles. The van der Waals surface area contributed by atoms with Crippen molar-refractivity contribution in [1.82, 2.24) is 14.9 Å². The lowest BCUT2D eigenvalue weighted by atomic mass is 9.63. The van der Waals surface area contributed by atoms with E-state index in [2.05, 4.69) is 22.1 Å².